The number of nitrogens with zero attached hydrogens (tertiary/aromatic N) is 1. The van der Waals surface area contributed by atoms with E-state index in [1.54, 1.807) is 0 Å². The monoisotopic (exact) mass is 192 g/mol. The summed E-state index contributed by atoms with van der Waals surface area (Å²) >= 11 is 0. The van der Waals surface area contributed by atoms with Gasteiger partial charge in [0, 0.05) is 31.4 Å². The lowest BCUT2D eigenvalue weighted by atomic mass is 10.2. The van der Waals surface area contributed by atoms with Crippen molar-refractivity contribution in [2.24, 2.45) is 0 Å². The molecule has 1 aromatic rings. The molecule has 0 radical (unpaired) electrons. The van der Waals surface area contributed by atoms with Crippen molar-refractivity contribution >= 4 is 0 Å². The van der Waals surface area contributed by atoms with Crippen LogP contribution in [-0.4, -0.2) is 30.8 Å². The van der Waals surface area contributed by atoms with Crippen molar-refractivity contribution in [3.8, 4) is 0 Å². The zero-order valence-electron chi connectivity index (χ0n) is 8.49. The number of aromatic nitrogens is 1. The quantitative estimate of drug-likeness (QED) is 0.770. The van der Waals surface area contributed by atoms with Gasteiger partial charge in [-0.25, -0.2) is 0 Å². The lowest BCUT2D eigenvalue weighted by Gasteiger charge is -2.27. The highest BCUT2D eigenvalue weighted by atomic mass is 16.5. The van der Waals surface area contributed by atoms with E-state index in [2.05, 4.69) is 23.3 Å². The summed E-state index contributed by atoms with van der Waals surface area (Å²) in [5.41, 5.74) is 2.41. The van der Waals surface area contributed by atoms with Crippen LogP contribution < -0.4 is 5.32 Å². The highest BCUT2D eigenvalue weighted by Gasteiger charge is 2.16. The highest BCUT2D eigenvalue weighted by molar-refractivity contribution is 5.17. The van der Waals surface area contributed by atoms with E-state index in [4.69, 9.17) is 4.74 Å². The highest BCUT2D eigenvalue weighted by Crippen LogP contribution is 2.05. The number of pyridine rings is 1. The standard InChI is InChI=1S/C11H16N2O/c1-9-3-2-5-13-11(9)4-6-14-10-7-12-8-10/h2-3,5,10,12H,4,6-8H2,1H3. The first-order valence-electron chi connectivity index (χ1n) is 5.09. The third-order valence-corrected chi connectivity index (χ3v) is 2.55. The van der Waals surface area contributed by atoms with Crippen molar-refractivity contribution in [1.82, 2.24) is 10.3 Å². The Labute approximate surface area is 84.5 Å². The van der Waals surface area contributed by atoms with Crippen molar-refractivity contribution in [3.63, 3.8) is 0 Å². The lowest BCUT2D eigenvalue weighted by Crippen LogP contribution is -2.48. The minimum Gasteiger partial charge on any atom is -0.375 e. The Kier molecular flexibility index (Phi) is 3.11. The van der Waals surface area contributed by atoms with Crippen molar-refractivity contribution in [3.05, 3.63) is 29.6 Å². The maximum Gasteiger partial charge on any atom is 0.0823 e. The molecule has 0 amide bonds. The summed E-state index contributed by atoms with van der Waals surface area (Å²) in [6.07, 6.45) is 3.19. The molecule has 76 valence electrons. The third kappa shape index (κ3) is 2.30. The van der Waals surface area contributed by atoms with Crippen LogP contribution >= 0.6 is 0 Å². The Morgan fingerprint density at radius 1 is 1.57 bits per heavy atom. The molecule has 3 heteroatoms. The summed E-state index contributed by atoms with van der Waals surface area (Å²) in [5.74, 6) is 0. The first kappa shape index (κ1) is 9.62. The Balaban J connectivity index is 1.76. The fraction of sp³-hybridized carbons (Fsp3) is 0.545. The molecule has 1 aliphatic rings. The third-order valence-electron chi connectivity index (χ3n) is 2.55. The summed E-state index contributed by atoms with van der Waals surface area (Å²) in [4.78, 5) is 4.32. The van der Waals surface area contributed by atoms with Gasteiger partial charge in [-0.05, 0) is 18.6 Å². The Morgan fingerprint density at radius 3 is 3.07 bits per heavy atom. The summed E-state index contributed by atoms with van der Waals surface area (Å²) in [6, 6.07) is 4.06. The van der Waals surface area contributed by atoms with Gasteiger partial charge in [0.25, 0.3) is 0 Å². The molecule has 0 unspecified atom stereocenters. The second-order valence-electron chi connectivity index (χ2n) is 3.67. The first-order chi connectivity index (χ1) is 6.86. The van der Waals surface area contributed by atoms with E-state index in [0.29, 0.717) is 6.10 Å². The van der Waals surface area contributed by atoms with Gasteiger partial charge in [-0.3, -0.25) is 4.98 Å². The summed E-state index contributed by atoms with van der Waals surface area (Å²) < 4.78 is 5.63. The zero-order valence-corrected chi connectivity index (χ0v) is 8.49. The van der Waals surface area contributed by atoms with Gasteiger partial charge >= 0.3 is 0 Å². The second kappa shape index (κ2) is 4.53. The Bertz CT molecular complexity index is 297. The molecule has 3 nitrogen and oxygen atoms in total. The average Bonchev–Trinajstić information content (AvgIpc) is 2.12. The van der Waals surface area contributed by atoms with Gasteiger partial charge in [0.15, 0.2) is 0 Å². The van der Waals surface area contributed by atoms with Crippen LogP contribution in [0.1, 0.15) is 11.3 Å². The number of ether oxygens (including phenoxy) is 1. The van der Waals surface area contributed by atoms with Gasteiger partial charge in [0.2, 0.25) is 0 Å². The molecule has 14 heavy (non-hydrogen) atoms. The van der Waals surface area contributed by atoms with Crippen molar-refractivity contribution < 1.29 is 4.74 Å². The minimum absolute atomic E-state index is 0.430. The van der Waals surface area contributed by atoms with E-state index in [0.717, 1.165) is 31.8 Å². The second-order valence-corrected chi connectivity index (χ2v) is 3.67. The molecule has 0 saturated carbocycles. The molecule has 0 aromatic carbocycles. The van der Waals surface area contributed by atoms with Crippen molar-refractivity contribution in [1.29, 1.82) is 0 Å². The van der Waals surface area contributed by atoms with Crippen LogP contribution in [0.5, 0.6) is 0 Å². The number of nitrogens with one attached hydrogen (secondary N) is 1. The Hall–Kier alpha value is -0.930. The van der Waals surface area contributed by atoms with E-state index in [1.807, 2.05) is 12.3 Å². The van der Waals surface area contributed by atoms with Crippen LogP contribution in [0.4, 0.5) is 0 Å². The molecule has 2 heterocycles. The maximum absolute atomic E-state index is 5.63. The smallest absolute Gasteiger partial charge is 0.0823 e. The molecule has 1 aliphatic heterocycles. The van der Waals surface area contributed by atoms with E-state index in [-0.39, 0.29) is 0 Å². The van der Waals surface area contributed by atoms with Gasteiger partial charge < -0.3 is 10.1 Å². The molecule has 0 atom stereocenters. The van der Waals surface area contributed by atoms with E-state index < -0.39 is 0 Å². The van der Waals surface area contributed by atoms with E-state index in [9.17, 15) is 0 Å². The molecular weight excluding hydrogens is 176 g/mol. The first-order valence-corrected chi connectivity index (χ1v) is 5.09. The normalized spacial score (nSPS) is 16.6. The number of aryl methyl sites for hydroxylation is 1. The molecule has 1 N–H and O–H groups in total. The van der Waals surface area contributed by atoms with E-state index >= 15 is 0 Å². The molecule has 2 rings (SSSR count). The molecule has 1 aromatic heterocycles. The number of hydrogen-bond donors (Lipinski definition) is 1. The van der Waals surface area contributed by atoms with E-state index in [1.165, 1.54) is 5.56 Å². The summed E-state index contributed by atoms with van der Waals surface area (Å²) in [6.45, 7) is 4.87. The fourth-order valence-corrected chi connectivity index (χ4v) is 1.48. The van der Waals surface area contributed by atoms with Gasteiger partial charge in [-0.15, -0.1) is 0 Å². The molecule has 0 bridgehead atoms. The van der Waals surface area contributed by atoms with Crippen LogP contribution in [0.25, 0.3) is 0 Å². The van der Waals surface area contributed by atoms with Crippen LogP contribution in [0.15, 0.2) is 18.3 Å². The van der Waals surface area contributed by atoms with Crippen LogP contribution in [0.3, 0.4) is 0 Å². The van der Waals surface area contributed by atoms with Gasteiger partial charge in [-0.2, -0.15) is 0 Å². The number of hydrogen-bond acceptors (Lipinski definition) is 3. The lowest BCUT2D eigenvalue weighted by molar-refractivity contribution is 0.0204. The van der Waals surface area contributed by atoms with Crippen molar-refractivity contribution in [2.45, 2.75) is 19.4 Å². The predicted molar refractivity (Wildman–Crippen MR) is 55.3 cm³/mol. The fourth-order valence-electron chi connectivity index (χ4n) is 1.48. The molecule has 0 aliphatic carbocycles. The summed E-state index contributed by atoms with van der Waals surface area (Å²) in [5, 5.41) is 3.18. The average molecular weight is 192 g/mol. The largest absolute Gasteiger partial charge is 0.375 e. The summed E-state index contributed by atoms with van der Waals surface area (Å²) in [7, 11) is 0. The number of rotatable bonds is 4. The topological polar surface area (TPSA) is 34.1 Å². The van der Waals surface area contributed by atoms with Crippen LogP contribution in [0, 0.1) is 6.92 Å². The van der Waals surface area contributed by atoms with Gasteiger partial charge in [0.05, 0.1) is 12.7 Å². The SMILES string of the molecule is Cc1cccnc1CCOC1CNC1. The van der Waals surface area contributed by atoms with Crippen LogP contribution in [0.2, 0.25) is 0 Å². The molecule has 0 spiro atoms. The zero-order chi connectivity index (χ0) is 9.80. The van der Waals surface area contributed by atoms with Crippen LogP contribution in [-0.2, 0) is 11.2 Å². The Morgan fingerprint density at radius 2 is 2.43 bits per heavy atom. The van der Waals surface area contributed by atoms with Crippen molar-refractivity contribution in [2.75, 3.05) is 19.7 Å². The molecule has 1 fully saturated rings. The maximum atomic E-state index is 5.63. The minimum atomic E-state index is 0.430. The van der Waals surface area contributed by atoms with Gasteiger partial charge in [0.1, 0.15) is 0 Å². The van der Waals surface area contributed by atoms with Gasteiger partial charge in [-0.1, -0.05) is 6.07 Å². The predicted octanol–water partition coefficient (Wildman–Crippen LogP) is 0.921. The molecular formula is C11H16N2O. The molecule has 1 saturated heterocycles.